The molecule has 5 aliphatic rings. The van der Waals surface area contributed by atoms with Crippen molar-refractivity contribution < 1.29 is 29.0 Å². The van der Waals surface area contributed by atoms with Crippen LogP contribution in [0, 0.1) is 39.9 Å². The number of hydrogen-bond acceptors (Lipinski definition) is 9. The van der Waals surface area contributed by atoms with Gasteiger partial charge in [0, 0.05) is 82.3 Å². The average molecular weight is 803 g/mol. The number of aliphatic hydroxyl groups excluding tert-OH is 1. The zero-order valence-corrected chi connectivity index (χ0v) is 33.8. The summed E-state index contributed by atoms with van der Waals surface area (Å²) in [6, 6.07) is 19.4. The first-order chi connectivity index (χ1) is 27.6. The number of imide groups is 1. The van der Waals surface area contributed by atoms with Crippen LogP contribution in [0.4, 0.5) is 5.69 Å². The Morgan fingerprint density at radius 3 is 2.33 bits per heavy atom. The molecule has 58 heavy (non-hydrogen) atoms. The normalized spacial score (nSPS) is 25.4. The molecule has 0 bridgehead atoms. The molecule has 3 aromatic rings. The van der Waals surface area contributed by atoms with Crippen molar-refractivity contribution in [3.63, 3.8) is 0 Å². The standard InChI is InChI=1S/C45H47ClN6O6/c1-44(2)42(45(3,4)43(44)58-32-13-11-29(23-47)35(46)22-32)49-38(54)28-9-7-26(8-10-28)5-6-27-17-19-50(20-18-27)31-24-51(25-31)30-12-14-33-34(21-30)41(57)52(40(33)56)36-15-16-37(53)48-39(36)55/h7-14,21-22,27,31,36,40,42-43,56H,15-20,24-25H2,1-4H3,(H,49,54)(H,48,53,55)/t36?,40?,42-,43-. The van der Waals surface area contributed by atoms with Crippen LogP contribution in [-0.4, -0.2) is 88.9 Å². The number of anilines is 1. The number of carbonyl (C=O) groups is 4. The van der Waals surface area contributed by atoms with Crippen LogP contribution in [0.3, 0.4) is 0 Å². The number of nitriles is 1. The van der Waals surface area contributed by atoms with Crippen molar-refractivity contribution in [1.29, 1.82) is 5.26 Å². The van der Waals surface area contributed by atoms with Crippen molar-refractivity contribution in [3.8, 4) is 23.7 Å². The molecule has 3 N–H and O–H groups in total. The van der Waals surface area contributed by atoms with E-state index in [1.54, 1.807) is 24.3 Å². The Morgan fingerprint density at radius 1 is 0.966 bits per heavy atom. The van der Waals surface area contributed by atoms with E-state index in [4.69, 9.17) is 16.3 Å². The molecule has 8 rings (SSSR count). The summed E-state index contributed by atoms with van der Waals surface area (Å²) < 4.78 is 6.36. The lowest BCUT2D eigenvalue weighted by Crippen LogP contribution is -2.74. The fourth-order valence-corrected chi connectivity index (χ4v) is 10.0. The summed E-state index contributed by atoms with van der Waals surface area (Å²) in [6.45, 7) is 11.9. The summed E-state index contributed by atoms with van der Waals surface area (Å²) in [4.78, 5) is 56.7. The van der Waals surface area contributed by atoms with Gasteiger partial charge in [-0.05, 0) is 80.9 Å². The van der Waals surface area contributed by atoms with Crippen LogP contribution in [0.15, 0.2) is 60.7 Å². The highest BCUT2D eigenvalue weighted by atomic mass is 35.5. The highest BCUT2D eigenvalue weighted by molar-refractivity contribution is 6.31. The zero-order chi connectivity index (χ0) is 41.1. The highest BCUT2D eigenvalue weighted by Gasteiger charge is 2.64. The Balaban J connectivity index is 0.798. The molecular weight excluding hydrogens is 756 g/mol. The number of rotatable bonds is 7. The number of nitrogens with zero attached hydrogens (tertiary/aromatic N) is 4. The van der Waals surface area contributed by atoms with Crippen LogP contribution in [0.1, 0.15) is 97.0 Å². The molecule has 1 saturated carbocycles. The molecule has 0 radical (unpaired) electrons. The molecule has 12 nitrogen and oxygen atoms in total. The molecular formula is C45H47ClN6O6. The second-order valence-electron chi connectivity index (χ2n) is 17.3. The molecule has 0 spiro atoms. The lowest BCUT2D eigenvalue weighted by molar-refractivity contribution is -0.164. The second-order valence-corrected chi connectivity index (χ2v) is 17.7. The Hall–Kier alpha value is -5.40. The molecule has 4 aliphatic heterocycles. The maximum Gasteiger partial charge on any atom is 0.257 e. The first kappa shape index (κ1) is 39.4. The number of halogens is 1. The molecule has 3 aromatic carbocycles. The van der Waals surface area contributed by atoms with E-state index in [2.05, 4.69) is 66.0 Å². The lowest BCUT2D eigenvalue weighted by Gasteiger charge is -2.63. The van der Waals surface area contributed by atoms with Crippen molar-refractivity contribution >= 4 is 40.9 Å². The van der Waals surface area contributed by atoms with Crippen LogP contribution >= 0.6 is 11.6 Å². The van der Waals surface area contributed by atoms with Crippen LogP contribution in [-0.2, 0) is 9.59 Å². The topological polar surface area (TPSA) is 155 Å². The first-order valence-corrected chi connectivity index (χ1v) is 20.3. The van der Waals surface area contributed by atoms with Gasteiger partial charge in [0.05, 0.1) is 10.6 Å². The lowest BCUT2D eigenvalue weighted by atomic mass is 9.49. The fraction of sp³-hybridized carbons (Fsp3) is 0.444. The van der Waals surface area contributed by atoms with Gasteiger partial charge in [0.25, 0.3) is 11.8 Å². The number of nitrogens with one attached hydrogen (secondary N) is 2. The minimum atomic E-state index is -1.22. The Kier molecular flexibility index (Phi) is 10.3. The quantitative estimate of drug-likeness (QED) is 0.221. The van der Waals surface area contributed by atoms with Crippen molar-refractivity contribution in [2.45, 2.75) is 83.8 Å². The number of likely N-dealkylation sites (tertiary alicyclic amines) is 1. The largest absolute Gasteiger partial charge is 0.489 e. The minimum Gasteiger partial charge on any atom is -0.489 e. The minimum absolute atomic E-state index is 0.127. The predicted molar refractivity (Wildman–Crippen MR) is 217 cm³/mol. The summed E-state index contributed by atoms with van der Waals surface area (Å²) in [5.41, 5.74) is 2.89. The first-order valence-electron chi connectivity index (χ1n) is 19.9. The zero-order valence-electron chi connectivity index (χ0n) is 33.0. The number of ether oxygens (including phenoxy) is 1. The van der Waals surface area contributed by atoms with E-state index in [9.17, 15) is 29.5 Å². The molecule has 13 heteroatoms. The predicted octanol–water partition coefficient (Wildman–Crippen LogP) is 5.03. The number of hydrogen-bond donors (Lipinski definition) is 3. The van der Waals surface area contributed by atoms with Crippen LogP contribution in [0.25, 0.3) is 0 Å². The summed E-state index contributed by atoms with van der Waals surface area (Å²) in [6.07, 6.45) is 0.851. The van der Waals surface area contributed by atoms with E-state index >= 15 is 0 Å². The van der Waals surface area contributed by atoms with Crippen molar-refractivity contribution in [2.24, 2.45) is 16.7 Å². The highest BCUT2D eigenvalue weighted by Crippen LogP contribution is 2.55. The van der Waals surface area contributed by atoms with Gasteiger partial charge >= 0.3 is 0 Å². The Labute approximate surface area is 343 Å². The number of aliphatic hydroxyl groups is 1. The molecule has 2 atom stereocenters. The van der Waals surface area contributed by atoms with Crippen molar-refractivity contribution in [1.82, 2.24) is 20.4 Å². The molecule has 300 valence electrons. The maximum atomic E-state index is 13.4. The smallest absolute Gasteiger partial charge is 0.257 e. The number of piperidine rings is 2. The molecule has 4 amide bonds. The van der Waals surface area contributed by atoms with Gasteiger partial charge < -0.3 is 20.1 Å². The number of amides is 4. The third kappa shape index (κ3) is 7.08. The van der Waals surface area contributed by atoms with Crippen LogP contribution < -0.4 is 20.3 Å². The summed E-state index contributed by atoms with van der Waals surface area (Å²) in [5, 5.41) is 26.0. The van der Waals surface area contributed by atoms with Gasteiger partial charge in [-0.25, -0.2) is 0 Å². The monoisotopic (exact) mass is 802 g/mol. The summed E-state index contributed by atoms with van der Waals surface area (Å²) >= 11 is 6.24. The van der Waals surface area contributed by atoms with Crippen LogP contribution in [0.5, 0.6) is 5.75 Å². The Bertz CT molecular complexity index is 2260. The fourth-order valence-electron chi connectivity index (χ4n) is 9.82. The number of fused-ring (bicyclic) bond motifs is 1. The number of benzene rings is 3. The van der Waals surface area contributed by atoms with E-state index in [0.29, 0.717) is 39.1 Å². The Morgan fingerprint density at radius 2 is 1.67 bits per heavy atom. The number of carbonyl (C=O) groups excluding carboxylic acids is 4. The molecule has 4 fully saturated rings. The van der Waals surface area contributed by atoms with E-state index in [1.165, 1.54) is 4.90 Å². The van der Waals surface area contributed by atoms with Gasteiger partial charge in [0.15, 0.2) is 6.23 Å². The SMILES string of the molecule is CC1(C)[C@H](NC(=O)c2ccc(C#CC3CCN(C4CN(c5ccc6c(c5)C(=O)N(C5CCC(=O)NC5=O)C6O)C4)CC3)cc2)C(C)(C)[C@H]1Oc1ccc(C#N)c(Cl)c1. The van der Waals surface area contributed by atoms with Crippen molar-refractivity contribution in [2.75, 3.05) is 31.1 Å². The molecule has 4 heterocycles. The van der Waals surface area contributed by atoms with Crippen LogP contribution in [0.2, 0.25) is 5.02 Å². The van der Waals surface area contributed by atoms with Crippen molar-refractivity contribution in [3.05, 3.63) is 93.5 Å². The van der Waals surface area contributed by atoms with E-state index in [1.807, 2.05) is 36.4 Å². The van der Waals surface area contributed by atoms with E-state index in [-0.39, 0.29) is 53.5 Å². The van der Waals surface area contributed by atoms with Gasteiger partial charge in [-0.2, -0.15) is 5.26 Å². The van der Waals surface area contributed by atoms with Gasteiger partial charge in [0.1, 0.15) is 24.0 Å². The summed E-state index contributed by atoms with van der Waals surface area (Å²) in [5.74, 6) is 6.20. The molecule has 2 unspecified atom stereocenters. The van der Waals surface area contributed by atoms with Gasteiger partial charge in [-0.3, -0.25) is 34.3 Å². The summed E-state index contributed by atoms with van der Waals surface area (Å²) in [7, 11) is 0. The average Bonchev–Trinajstić information content (AvgIpc) is 3.43. The third-order valence-electron chi connectivity index (χ3n) is 12.9. The second kappa shape index (κ2) is 15.1. The van der Waals surface area contributed by atoms with Gasteiger partial charge in [0.2, 0.25) is 11.8 Å². The van der Waals surface area contributed by atoms with Gasteiger partial charge in [-0.15, -0.1) is 0 Å². The van der Waals surface area contributed by atoms with E-state index < -0.39 is 24.1 Å². The molecule has 1 aliphatic carbocycles. The van der Waals surface area contributed by atoms with Gasteiger partial charge in [-0.1, -0.05) is 57.2 Å². The van der Waals surface area contributed by atoms with E-state index in [0.717, 1.165) is 50.3 Å². The third-order valence-corrected chi connectivity index (χ3v) is 13.2. The molecule has 0 aromatic heterocycles. The maximum absolute atomic E-state index is 13.4. The molecule has 3 saturated heterocycles.